The van der Waals surface area contributed by atoms with Gasteiger partial charge in [0.05, 0.1) is 82.2 Å². The topological polar surface area (TPSA) is 402 Å². The van der Waals surface area contributed by atoms with E-state index >= 15 is 0 Å². The molecular weight excluding hydrogens is 1300 g/mol. The number of allylic oxidation sites excluding steroid dienone is 1. The predicted molar refractivity (Wildman–Crippen MR) is 307 cm³/mol. The molecule has 0 bridgehead atoms. The summed E-state index contributed by atoms with van der Waals surface area (Å²) < 4.78 is 67.3. The molecule has 0 saturated carbocycles. The van der Waals surface area contributed by atoms with E-state index in [1.54, 1.807) is 45.9 Å². The molecule has 7 heterocycles. The van der Waals surface area contributed by atoms with E-state index in [2.05, 4.69) is 91.6 Å². The van der Waals surface area contributed by atoms with Gasteiger partial charge in [0, 0.05) is 29.3 Å². The normalized spacial score (nSPS) is 18.7. The molecule has 1 fully saturated rings. The van der Waals surface area contributed by atoms with Crippen LogP contribution in [0.1, 0.15) is 132 Å². The molecule has 5 aliphatic rings. The van der Waals surface area contributed by atoms with Crippen LogP contribution in [0.2, 0.25) is 0 Å². The van der Waals surface area contributed by atoms with Gasteiger partial charge in [0.1, 0.15) is 13.2 Å². The quantitative estimate of drug-likeness (QED) is 0.0205. The molecule has 0 aliphatic carbocycles. The maximum atomic E-state index is 11.5. The number of aliphatic hydroxyl groups excluding tert-OH is 1. The van der Waals surface area contributed by atoms with Crippen LogP contribution < -0.4 is 53.7 Å². The van der Waals surface area contributed by atoms with Gasteiger partial charge in [-0.15, -0.1) is 26.3 Å². The fourth-order valence-electron chi connectivity index (χ4n) is 6.57. The average Bonchev–Trinajstić information content (AvgIpc) is 4.09. The first-order chi connectivity index (χ1) is 40.6. The summed E-state index contributed by atoms with van der Waals surface area (Å²) in [5.74, 6) is -1.43. The Morgan fingerprint density at radius 3 is 1.70 bits per heavy atom. The Bertz CT molecular complexity index is 2370. The van der Waals surface area contributed by atoms with Crippen molar-refractivity contribution in [2.45, 2.75) is 157 Å². The third kappa shape index (κ3) is 44.9. The summed E-state index contributed by atoms with van der Waals surface area (Å²) in [5.41, 5.74) is 2.22. The average molecular weight is 1390 g/mol. The van der Waals surface area contributed by atoms with Crippen LogP contribution >= 0.6 is 27.5 Å². The summed E-state index contributed by atoms with van der Waals surface area (Å²) in [5, 5.41) is 47.3. The number of aromatic nitrogens is 2. The molecule has 33 heteroatoms. The van der Waals surface area contributed by atoms with E-state index < -0.39 is 37.9 Å². The zero-order valence-corrected chi connectivity index (χ0v) is 57.5. The van der Waals surface area contributed by atoms with Crippen LogP contribution in [0.3, 0.4) is 0 Å². The number of nitrogens with zero attached hydrogens (tertiary/aromatic N) is 4. The summed E-state index contributed by atoms with van der Waals surface area (Å²) in [7, 11) is 0. The van der Waals surface area contributed by atoms with E-state index in [9.17, 15) is 19.2 Å². The number of carbonyl (C=O) groups excluding carboxylic acids is 4. The van der Waals surface area contributed by atoms with Crippen LogP contribution in [-0.4, -0.2) is 160 Å². The molecule has 0 spiro atoms. The number of fused-ring (bicyclic) bond motifs is 3. The molecule has 0 amide bonds. The van der Waals surface area contributed by atoms with Crippen molar-refractivity contribution < 1.29 is 178 Å². The number of carbonyl (C=O) groups is 5. The van der Waals surface area contributed by atoms with Crippen molar-refractivity contribution in [3.8, 4) is 0 Å². The first-order valence-electron chi connectivity index (χ1n) is 26.4. The molecule has 5 aliphatic heterocycles. The van der Waals surface area contributed by atoms with Gasteiger partial charge in [-0.2, -0.15) is 0 Å². The fourth-order valence-corrected chi connectivity index (χ4v) is 6.63. The molecular formula is C55H84BrClLiMnN4NaO24. The summed E-state index contributed by atoms with van der Waals surface area (Å²) >= 11 is 6.71. The fraction of sp³-hybridized carbons (Fsp3) is 0.582. The summed E-state index contributed by atoms with van der Waals surface area (Å²) in [6, 6.07) is 0. The number of carboxylic acids is 1. The van der Waals surface area contributed by atoms with E-state index in [1.807, 2.05) is 33.8 Å². The number of oxime groups is 2. The van der Waals surface area contributed by atoms with Crippen LogP contribution in [0.4, 0.5) is 0 Å². The standard InChI is InChI=1S/C10H15NO4.C10H13NO4.C8H9NO4.C8H14O.C6H10O.C5H10O.C4H6ClNO3.C3H5Br.CH2O3.Li.Mn.Na.H2O.2O/c2*1-3-13-10(12)9-7-4-6(2)14-5-8(7)15-11-9;1-4-2-5-6(3-12-4)13-9-7(5)8(10)11;1-4-6-8(3)9-7-5-2;1-6-4-2-3-5-7-6;1-3-4-5(2)6;1-2-9-4(7)3(5)6-8;1-2-3-4;2-1-4-3;;;;;;/h6-8H,3-5H2,1-2H3;6H,3-5H2,1-2H3;4H,2-3H2,1H3,(H,10,11);4-5,8H,1-2,6-7H2,3H3;2-3,6H,4-5H2,1H3;3,5-6H,1,4H2,2H3;8H,2H2,1H3;2H,1,3H2;1,3H;;;;1H2;;/q;;;;;;;;;+1;;+1;;;/p-2/b;;;;;;6-3-;;;;;;;;. The van der Waals surface area contributed by atoms with Crippen molar-refractivity contribution in [1.29, 1.82) is 0 Å². The van der Waals surface area contributed by atoms with Gasteiger partial charge < -0.3 is 82.8 Å². The Hall–Kier alpha value is -4.42. The summed E-state index contributed by atoms with van der Waals surface area (Å²) in [4.78, 5) is 60.4. The zero-order valence-electron chi connectivity index (χ0n) is 52.0. The van der Waals surface area contributed by atoms with Gasteiger partial charge in [-0.05, 0) is 88.0 Å². The van der Waals surface area contributed by atoms with E-state index in [4.69, 9.17) is 91.8 Å². The Morgan fingerprint density at radius 1 is 0.818 bits per heavy atom. The Balaban J connectivity index is -0.000000219. The number of esters is 3. The first-order valence-corrected chi connectivity index (χ1v) is 28.9. The van der Waals surface area contributed by atoms with Crippen LogP contribution in [-0.2, 0) is 111 Å². The van der Waals surface area contributed by atoms with Crippen molar-refractivity contribution in [1.82, 2.24) is 10.3 Å². The number of aromatic carboxylic acids is 1. The molecule has 7 rings (SSSR count). The second-order valence-electron chi connectivity index (χ2n) is 17.4. The van der Waals surface area contributed by atoms with Crippen molar-refractivity contribution in [2.24, 2.45) is 16.2 Å². The van der Waals surface area contributed by atoms with Gasteiger partial charge in [0.2, 0.25) is 0 Å². The Labute approximate surface area is 567 Å². The van der Waals surface area contributed by atoms with E-state index in [0.717, 1.165) is 36.8 Å². The third-order valence-electron chi connectivity index (χ3n) is 10.4. The predicted octanol–water partition coefficient (Wildman–Crippen LogP) is 1.49. The molecule has 28 nitrogen and oxygen atoms in total. The van der Waals surface area contributed by atoms with Crippen LogP contribution in [0.5, 0.6) is 0 Å². The minimum absolute atomic E-state index is 0. The van der Waals surface area contributed by atoms with Crippen LogP contribution in [0.15, 0.2) is 82.1 Å². The number of halogens is 2. The monoisotopic (exact) mass is 1380 g/mol. The van der Waals surface area contributed by atoms with Crippen LogP contribution in [0, 0.1) is 5.92 Å². The third-order valence-corrected chi connectivity index (χ3v) is 11.1. The molecule has 2 aromatic rings. The molecule has 8 unspecified atom stereocenters. The molecule has 4 N–H and O–H groups in total. The van der Waals surface area contributed by atoms with Crippen molar-refractivity contribution >= 4 is 68.8 Å². The van der Waals surface area contributed by atoms with Gasteiger partial charge >= 0.3 is 94.8 Å². The number of hydrogen-bond acceptors (Lipinski definition) is 27. The molecule has 491 valence electrons. The second kappa shape index (κ2) is 61.4. The number of hydrogen-bond donors (Lipinski definition) is 3. The zero-order chi connectivity index (χ0) is 65.1. The van der Waals surface area contributed by atoms with Gasteiger partial charge in [-0.3, -0.25) is 4.79 Å². The number of carboxylic acid groups (broad SMARTS) is 1. The second-order valence-corrected chi connectivity index (χ2v) is 18.6. The molecule has 1 saturated heterocycles. The van der Waals surface area contributed by atoms with Crippen molar-refractivity contribution in [3.05, 3.63) is 96.8 Å². The van der Waals surface area contributed by atoms with E-state index in [1.165, 1.54) is 0 Å². The molecule has 88 heavy (non-hydrogen) atoms. The van der Waals surface area contributed by atoms with E-state index in [0.29, 0.717) is 93.5 Å². The van der Waals surface area contributed by atoms with Crippen molar-refractivity contribution in [3.63, 3.8) is 0 Å². The number of aliphatic hydroxyl groups is 1. The summed E-state index contributed by atoms with van der Waals surface area (Å²) in [6.45, 7) is 34.2. The van der Waals surface area contributed by atoms with Crippen LogP contribution in [0.25, 0.3) is 0 Å². The molecule has 8 atom stereocenters. The van der Waals surface area contributed by atoms with Crippen molar-refractivity contribution in [2.75, 3.05) is 45.0 Å². The minimum atomic E-state index is -1.44. The summed E-state index contributed by atoms with van der Waals surface area (Å²) in [6.07, 6.45) is 16.6. The number of rotatable bonds is 16. The van der Waals surface area contributed by atoms with Gasteiger partial charge in [0.15, 0.2) is 34.7 Å². The molecule has 0 aromatic carbocycles. The molecule has 0 radical (unpaired) electrons. The van der Waals surface area contributed by atoms with Gasteiger partial charge in [-0.1, -0.05) is 84.6 Å². The van der Waals surface area contributed by atoms with Gasteiger partial charge in [-0.25, -0.2) is 19.2 Å². The number of ether oxygens (including phenoxy) is 8. The van der Waals surface area contributed by atoms with E-state index in [-0.39, 0.29) is 121 Å². The number of alkyl halides is 1. The Kier molecular flexibility index (Phi) is 66.1. The SMILES string of the molecule is C=CCBr.C=CCC(C)O.C=CCOC(C)CC=C.CC1CC=CCO1.CC1Cc2c(C(=O)O)noc2CO1.CCOC(=O)/C(Cl)=N/O.CCOC(=O)C1=NOC2COC(C)CC12.CCOC(=O)c1noc2c1CC(C)OC2.O=CO[O-].[Li+].[Na+].[OH-].[O]=[Mn]=[O]. The maximum absolute atomic E-state index is 11.5. The Morgan fingerprint density at radius 2 is 1.32 bits per heavy atom. The first kappa shape index (κ1) is 94.7. The molecule has 2 aromatic heterocycles. The van der Waals surface area contributed by atoms with Gasteiger partial charge in [0.25, 0.3) is 11.6 Å².